The molecule has 0 aromatic heterocycles. The van der Waals surface area contributed by atoms with Crippen LogP contribution in [0.15, 0.2) is 30.3 Å². The van der Waals surface area contributed by atoms with Crippen LogP contribution in [-0.4, -0.2) is 60.6 Å². The van der Waals surface area contributed by atoms with Crippen LogP contribution in [0, 0.1) is 0 Å². The zero-order valence-electron chi connectivity index (χ0n) is 13.2. The molecule has 126 valence electrons. The van der Waals surface area contributed by atoms with E-state index in [0.29, 0.717) is 25.8 Å². The van der Waals surface area contributed by atoms with Crippen LogP contribution in [0.25, 0.3) is 0 Å². The molecule has 1 amide bonds. The van der Waals surface area contributed by atoms with Gasteiger partial charge in [0.25, 0.3) is 0 Å². The zero-order valence-corrected chi connectivity index (χ0v) is 13.2. The highest BCUT2D eigenvalue weighted by Gasteiger charge is 2.46. The molecule has 6 heteroatoms. The van der Waals surface area contributed by atoms with Gasteiger partial charge >= 0.3 is 6.09 Å². The second-order valence-corrected chi connectivity index (χ2v) is 6.30. The van der Waals surface area contributed by atoms with Crippen molar-refractivity contribution >= 4 is 6.09 Å². The Labute approximate surface area is 136 Å². The lowest BCUT2D eigenvalue weighted by Crippen LogP contribution is -2.65. The monoisotopic (exact) mass is 320 g/mol. The number of nitrogens with one attached hydrogen (secondary N) is 1. The van der Waals surface area contributed by atoms with Gasteiger partial charge in [-0.2, -0.15) is 0 Å². The molecule has 2 N–H and O–H groups in total. The SMILES string of the molecule is O=C(NC[C@@]1(CO)COC[C@@H]2CCCN21)OCc1ccccc1. The van der Waals surface area contributed by atoms with Crippen molar-refractivity contribution in [1.29, 1.82) is 0 Å². The molecular weight excluding hydrogens is 296 g/mol. The van der Waals surface area contributed by atoms with Gasteiger partial charge in [-0.05, 0) is 24.9 Å². The molecule has 6 nitrogen and oxygen atoms in total. The summed E-state index contributed by atoms with van der Waals surface area (Å²) < 4.78 is 10.9. The van der Waals surface area contributed by atoms with Crippen molar-refractivity contribution in [2.45, 2.75) is 31.0 Å². The molecular formula is C17H24N2O4. The lowest BCUT2D eigenvalue weighted by Gasteiger charge is -2.47. The summed E-state index contributed by atoms with van der Waals surface area (Å²) in [5.41, 5.74) is 0.408. The lowest BCUT2D eigenvalue weighted by atomic mass is 9.96. The summed E-state index contributed by atoms with van der Waals surface area (Å²) in [6.07, 6.45) is 1.72. The van der Waals surface area contributed by atoms with Crippen molar-refractivity contribution in [3.63, 3.8) is 0 Å². The van der Waals surface area contributed by atoms with E-state index in [4.69, 9.17) is 9.47 Å². The average molecular weight is 320 g/mol. The van der Waals surface area contributed by atoms with Crippen molar-refractivity contribution in [2.24, 2.45) is 0 Å². The number of morpholine rings is 1. The number of alkyl carbamates (subject to hydrolysis) is 1. The summed E-state index contributed by atoms with van der Waals surface area (Å²) in [6, 6.07) is 9.90. The molecule has 0 bridgehead atoms. The minimum absolute atomic E-state index is 0.0392. The van der Waals surface area contributed by atoms with Gasteiger partial charge in [0.1, 0.15) is 6.61 Å². The molecule has 0 saturated carbocycles. The number of carbonyl (C=O) groups excluding carboxylic acids is 1. The second kappa shape index (κ2) is 7.29. The van der Waals surface area contributed by atoms with Crippen LogP contribution in [-0.2, 0) is 16.1 Å². The first-order valence-corrected chi connectivity index (χ1v) is 8.13. The molecule has 23 heavy (non-hydrogen) atoms. The molecule has 2 saturated heterocycles. The largest absolute Gasteiger partial charge is 0.445 e. The summed E-state index contributed by atoms with van der Waals surface area (Å²) in [4.78, 5) is 14.2. The molecule has 0 aliphatic carbocycles. The van der Waals surface area contributed by atoms with Gasteiger partial charge in [0, 0.05) is 12.6 Å². The smallest absolute Gasteiger partial charge is 0.407 e. The molecule has 1 aromatic rings. The fourth-order valence-corrected chi connectivity index (χ4v) is 3.46. The molecule has 2 aliphatic heterocycles. The number of ether oxygens (including phenoxy) is 2. The number of benzene rings is 1. The van der Waals surface area contributed by atoms with E-state index in [-0.39, 0.29) is 13.2 Å². The van der Waals surface area contributed by atoms with Crippen molar-refractivity contribution < 1.29 is 19.4 Å². The minimum atomic E-state index is -0.537. The minimum Gasteiger partial charge on any atom is -0.445 e. The molecule has 0 radical (unpaired) electrons. The summed E-state index contributed by atoms with van der Waals surface area (Å²) in [7, 11) is 0. The van der Waals surface area contributed by atoms with Crippen LogP contribution in [0.2, 0.25) is 0 Å². The Hall–Kier alpha value is -1.63. The Balaban J connectivity index is 1.52. The Morgan fingerprint density at radius 1 is 1.43 bits per heavy atom. The Kier molecular flexibility index (Phi) is 5.15. The van der Waals surface area contributed by atoms with Gasteiger partial charge in [-0.1, -0.05) is 30.3 Å². The van der Waals surface area contributed by atoms with Crippen LogP contribution in [0.1, 0.15) is 18.4 Å². The van der Waals surface area contributed by atoms with E-state index in [1.807, 2.05) is 30.3 Å². The predicted molar refractivity (Wildman–Crippen MR) is 85.0 cm³/mol. The molecule has 2 heterocycles. The molecule has 0 unspecified atom stereocenters. The average Bonchev–Trinajstić information content (AvgIpc) is 3.09. The number of aliphatic hydroxyl groups excluding tert-OH is 1. The van der Waals surface area contributed by atoms with E-state index in [1.165, 1.54) is 0 Å². The van der Waals surface area contributed by atoms with E-state index < -0.39 is 11.6 Å². The third-order valence-corrected chi connectivity index (χ3v) is 4.74. The van der Waals surface area contributed by atoms with E-state index in [2.05, 4.69) is 10.2 Å². The normalized spacial score (nSPS) is 27.4. The van der Waals surface area contributed by atoms with Crippen LogP contribution in [0.5, 0.6) is 0 Å². The van der Waals surface area contributed by atoms with Gasteiger partial charge in [0.2, 0.25) is 0 Å². The maximum atomic E-state index is 11.9. The number of hydrogen-bond donors (Lipinski definition) is 2. The highest BCUT2D eigenvalue weighted by Crippen LogP contribution is 2.31. The number of nitrogens with zero attached hydrogens (tertiary/aromatic N) is 1. The highest BCUT2D eigenvalue weighted by atomic mass is 16.5. The fraction of sp³-hybridized carbons (Fsp3) is 0.588. The van der Waals surface area contributed by atoms with Crippen LogP contribution in [0.3, 0.4) is 0 Å². The molecule has 2 aliphatic rings. The summed E-state index contributed by atoms with van der Waals surface area (Å²) in [6.45, 7) is 2.60. The van der Waals surface area contributed by atoms with Gasteiger partial charge in [-0.25, -0.2) is 4.79 Å². The van der Waals surface area contributed by atoms with Gasteiger partial charge < -0.3 is 19.9 Å². The molecule has 1 aromatic carbocycles. The third-order valence-electron chi connectivity index (χ3n) is 4.74. The van der Waals surface area contributed by atoms with Crippen molar-refractivity contribution in [3.05, 3.63) is 35.9 Å². The number of hydrogen-bond acceptors (Lipinski definition) is 5. The standard InChI is InChI=1S/C17H24N2O4/c20-12-17(13-22-10-15-7-4-8-19(15)17)11-18-16(21)23-9-14-5-2-1-3-6-14/h1-3,5-6,15,20H,4,7-13H2,(H,18,21)/t15-,17+/m0/s1. The van der Waals surface area contributed by atoms with Crippen molar-refractivity contribution in [1.82, 2.24) is 10.2 Å². The third kappa shape index (κ3) is 3.65. The molecule has 2 atom stereocenters. The first-order chi connectivity index (χ1) is 11.2. The summed E-state index contributed by atoms with van der Waals surface area (Å²) in [5, 5.41) is 12.7. The van der Waals surface area contributed by atoms with Crippen LogP contribution < -0.4 is 5.32 Å². The van der Waals surface area contributed by atoms with Crippen LogP contribution in [0.4, 0.5) is 4.79 Å². The maximum absolute atomic E-state index is 11.9. The zero-order chi connectivity index (χ0) is 16.1. The van der Waals surface area contributed by atoms with Gasteiger partial charge in [-0.3, -0.25) is 4.90 Å². The Morgan fingerprint density at radius 2 is 2.26 bits per heavy atom. The maximum Gasteiger partial charge on any atom is 0.407 e. The first kappa shape index (κ1) is 16.2. The summed E-state index contributed by atoms with van der Waals surface area (Å²) in [5.74, 6) is 0. The van der Waals surface area contributed by atoms with Gasteiger partial charge in [0.05, 0.1) is 25.4 Å². The quantitative estimate of drug-likeness (QED) is 0.851. The van der Waals surface area contributed by atoms with E-state index >= 15 is 0 Å². The Morgan fingerprint density at radius 3 is 3.04 bits per heavy atom. The predicted octanol–water partition coefficient (Wildman–Crippen LogP) is 1.14. The lowest BCUT2D eigenvalue weighted by molar-refractivity contribution is -0.106. The number of fused-ring (bicyclic) bond motifs is 1. The van der Waals surface area contributed by atoms with E-state index in [0.717, 1.165) is 24.9 Å². The number of rotatable bonds is 5. The van der Waals surface area contributed by atoms with Gasteiger partial charge in [-0.15, -0.1) is 0 Å². The van der Waals surface area contributed by atoms with Crippen molar-refractivity contribution in [3.8, 4) is 0 Å². The number of amides is 1. The molecule has 0 spiro atoms. The fourth-order valence-electron chi connectivity index (χ4n) is 3.46. The first-order valence-electron chi connectivity index (χ1n) is 8.13. The van der Waals surface area contributed by atoms with E-state index in [1.54, 1.807) is 0 Å². The highest BCUT2D eigenvalue weighted by molar-refractivity contribution is 5.67. The van der Waals surface area contributed by atoms with Crippen molar-refractivity contribution in [2.75, 3.05) is 32.9 Å². The topological polar surface area (TPSA) is 71.0 Å². The van der Waals surface area contributed by atoms with E-state index in [9.17, 15) is 9.90 Å². The second-order valence-electron chi connectivity index (χ2n) is 6.30. The Bertz CT molecular complexity index is 525. The van der Waals surface area contributed by atoms with Crippen LogP contribution >= 0.6 is 0 Å². The molecule has 2 fully saturated rings. The summed E-state index contributed by atoms with van der Waals surface area (Å²) >= 11 is 0. The number of carbonyl (C=O) groups is 1. The van der Waals surface area contributed by atoms with Gasteiger partial charge in [0.15, 0.2) is 0 Å². The number of aliphatic hydroxyl groups is 1. The molecule has 3 rings (SSSR count).